The van der Waals surface area contributed by atoms with Gasteiger partial charge in [0.15, 0.2) is 0 Å². The molecule has 0 amide bonds. The summed E-state index contributed by atoms with van der Waals surface area (Å²) in [5.74, 6) is -9.87. The van der Waals surface area contributed by atoms with Gasteiger partial charge in [-0.25, -0.2) is 18.1 Å². The van der Waals surface area contributed by atoms with E-state index in [1.54, 1.807) is 4.58 Å². The number of fused-ring (bicyclic) bond motifs is 1. The summed E-state index contributed by atoms with van der Waals surface area (Å²) in [5.41, 5.74) is 0.869. The Bertz CT molecular complexity index is 901. The molecule has 1 aliphatic heterocycles. The molecule has 0 spiro atoms. The predicted molar refractivity (Wildman–Crippen MR) is 83.7 cm³/mol. The molecule has 3 nitrogen and oxygen atoms in total. The van der Waals surface area contributed by atoms with Gasteiger partial charge in [-0.2, -0.15) is 8.78 Å². The third-order valence-corrected chi connectivity index (χ3v) is 4.89. The van der Waals surface area contributed by atoms with Crippen LogP contribution < -0.4 is 4.90 Å². The number of aliphatic hydroxyl groups excluding tert-OH is 1. The van der Waals surface area contributed by atoms with Gasteiger partial charge in [-0.3, -0.25) is 4.58 Å². The maximum Gasteiger partial charge on any atom is 0.240 e. The zero-order valence-corrected chi connectivity index (χ0v) is 13.4. The van der Waals surface area contributed by atoms with Gasteiger partial charge >= 0.3 is 0 Å². The first-order chi connectivity index (χ1) is 12.4. The second kappa shape index (κ2) is 6.05. The minimum absolute atomic E-state index is 0.0315. The highest BCUT2D eigenvalue weighted by atomic mass is 19.2. The monoisotopic (exact) mass is 369 g/mol. The van der Waals surface area contributed by atoms with E-state index in [4.69, 9.17) is 0 Å². The van der Waals surface area contributed by atoms with Gasteiger partial charge in [-0.15, -0.1) is 0 Å². The number of benzene rings is 2. The summed E-state index contributed by atoms with van der Waals surface area (Å²) in [4.78, 5) is 0.990. The molecular formula is C18H14F5N2O+. The zero-order chi connectivity index (χ0) is 18.6. The molecule has 8 heteroatoms. The molecule has 2 aromatic carbocycles. The van der Waals surface area contributed by atoms with Crippen molar-refractivity contribution in [3.63, 3.8) is 0 Å². The summed E-state index contributed by atoms with van der Waals surface area (Å²) in [5, 5.41) is 10.4. The van der Waals surface area contributed by atoms with Gasteiger partial charge in [0.2, 0.25) is 41.1 Å². The molecule has 1 heterocycles. The van der Waals surface area contributed by atoms with Crippen molar-refractivity contribution in [2.24, 2.45) is 0 Å². The van der Waals surface area contributed by atoms with Crippen LogP contribution in [0.1, 0.15) is 17.2 Å². The molecule has 2 aromatic rings. The van der Waals surface area contributed by atoms with Crippen LogP contribution in [0, 0.1) is 29.1 Å². The number of nitrogens with zero attached hydrogens (tertiary/aromatic N) is 2. The van der Waals surface area contributed by atoms with Crippen molar-refractivity contribution < 1.29 is 31.6 Å². The average Bonchev–Trinajstić information content (AvgIpc) is 3.21. The van der Waals surface area contributed by atoms with Crippen molar-refractivity contribution in [2.45, 2.75) is 18.6 Å². The van der Waals surface area contributed by atoms with Crippen LogP contribution >= 0.6 is 0 Å². The van der Waals surface area contributed by atoms with Crippen molar-refractivity contribution in [1.82, 2.24) is 0 Å². The van der Waals surface area contributed by atoms with Crippen LogP contribution in [0.2, 0.25) is 0 Å². The molecule has 0 unspecified atom stereocenters. The summed E-state index contributed by atoms with van der Waals surface area (Å²) >= 11 is 0. The van der Waals surface area contributed by atoms with E-state index >= 15 is 0 Å². The third kappa shape index (κ3) is 2.39. The zero-order valence-electron chi connectivity index (χ0n) is 13.4. The Balaban J connectivity index is 1.74. The molecule has 4 rings (SSSR count). The molecule has 0 radical (unpaired) electrons. The number of hydrogen-bond acceptors (Lipinski definition) is 2. The molecule has 0 aromatic heterocycles. The number of halogens is 5. The van der Waals surface area contributed by atoms with Crippen LogP contribution in [-0.4, -0.2) is 35.2 Å². The van der Waals surface area contributed by atoms with Gasteiger partial charge in [0, 0.05) is 12.0 Å². The lowest BCUT2D eigenvalue weighted by Gasteiger charge is -2.15. The lowest BCUT2D eigenvalue weighted by Crippen LogP contribution is -2.26. The minimum Gasteiger partial charge on any atom is -0.388 e. The van der Waals surface area contributed by atoms with E-state index in [1.807, 2.05) is 24.3 Å². The largest absolute Gasteiger partial charge is 0.388 e. The van der Waals surface area contributed by atoms with Crippen molar-refractivity contribution in [2.75, 3.05) is 18.0 Å². The first kappa shape index (κ1) is 17.0. The van der Waals surface area contributed by atoms with Gasteiger partial charge in [0.25, 0.3) is 0 Å². The summed E-state index contributed by atoms with van der Waals surface area (Å²) < 4.78 is 69.8. The number of anilines is 1. The summed E-state index contributed by atoms with van der Waals surface area (Å²) in [6.07, 6.45) is 1.02. The van der Waals surface area contributed by atoms with Gasteiger partial charge in [-0.1, -0.05) is 24.3 Å². The quantitative estimate of drug-likeness (QED) is 0.381. The molecule has 26 heavy (non-hydrogen) atoms. The third-order valence-electron chi connectivity index (χ3n) is 4.89. The Hall–Kier alpha value is -2.48. The molecule has 0 saturated heterocycles. The van der Waals surface area contributed by atoms with Gasteiger partial charge in [0.05, 0.1) is 0 Å². The number of aliphatic hydroxyl groups is 1. The predicted octanol–water partition coefficient (Wildman–Crippen LogP) is 2.90. The molecule has 2 atom stereocenters. The van der Waals surface area contributed by atoms with E-state index in [-0.39, 0.29) is 13.1 Å². The Morgan fingerprint density at radius 2 is 1.54 bits per heavy atom. The van der Waals surface area contributed by atoms with Crippen LogP contribution in [0.3, 0.4) is 0 Å². The number of rotatable bonds is 2. The maximum absolute atomic E-state index is 14.0. The van der Waals surface area contributed by atoms with Crippen LogP contribution in [0.4, 0.5) is 27.6 Å². The van der Waals surface area contributed by atoms with Crippen LogP contribution in [0.25, 0.3) is 0 Å². The average molecular weight is 369 g/mol. The normalized spacial score (nSPS) is 21.9. The minimum atomic E-state index is -2.18. The van der Waals surface area contributed by atoms with E-state index in [2.05, 4.69) is 0 Å². The maximum atomic E-state index is 14.0. The van der Waals surface area contributed by atoms with Crippen molar-refractivity contribution in [3.05, 3.63) is 64.5 Å². The number of hydrogen-bond donors (Lipinski definition) is 1. The van der Waals surface area contributed by atoms with E-state index in [0.29, 0.717) is 6.42 Å². The molecule has 1 N–H and O–H groups in total. The van der Waals surface area contributed by atoms with E-state index < -0.39 is 46.9 Å². The standard InChI is InChI=1S/C18H14F5N2O/c19-12-13(20)15(22)18(16(23)14(12)21)25-6-5-24(8-25)17-10-4-2-1-3-9(10)7-11(17)26/h1-4,8,11,17,26H,5-7H2/q+1/t11-,17-/m0/s1. The first-order valence-corrected chi connectivity index (χ1v) is 8.04. The molecule has 1 aliphatic carbocycles. The van der Waals surface area contributed by atoms with Gasteiger partial charge in [-0.05, 0) is 5.56 Å². The van der Waals surface area contributed by atoms with E-state index in [0.717, 1.165) is 16.0 Å². The van der Waals surface area contributed by atoms with Crippen molar-refractivity contribution in [3.8, 4) is 0 Å². The van der Waals surface area contributed by atoms with E-state index in [1.165, 1.54) is 6.34 Å². The lowest BCUT2D eigenvalue weighted by molar-refractivity contribution is -0.568. The molecule has 2 aliphatic rings. The summed E-state index contributed by atoms with van der Waals surface area (Å²) in [6.45, 7) is 0.305. The Morgan fingerprint density at radius 1 is 0.923 bits per heavy atom. The van der Waals surface area contributed by atoms with Crippen molar-refractivity contribution in [1.29, 1.82) is 0 Å². The lowest BCUT2D eigenvalue weighted by atomic mass is 10.1. The smallest absolute Gasteiger partial charge is 0.240 e. The topological polar surface area (TPSA) is 26.5 Å². The second-order valence-corrected chi connectivity index (χ2v) is 6.38. The SMILES string of the molecule is O[C@H]1Cc2ccccc2[C@@H]1[N+]1=CN(c2c(F)c(F)c(F)c(F)c2F)CC1. The van der Waals surface area contributed by atoms with Crippen LogP contribution in [0.15, 0.2) is 24.3 Å². The fourth-order valence-electron chi connectivity index (χ4n) is 3.70. The molecule has 136 valence electrons. The van der Waals surface area contributed by atoms with Gasteiger partial charge < -0.3 is 5.11 Å². The Morgan fingerprint density at radius 3 is 2.23 bits per heavy atom. The highest BCUT2D eigenvalue weighted by molar-refractivity contribution is 5.78. The van der Waals surface area contributed by atoms with Gasteiger partial charge in [0.1, 0.15) is 25.2 Å². The first-order valence-electron chi connectivity index (χ1n) is 8.04. The Labute approximate surface area is 145 Å². The fraction of sp³-hybridized carbons (Fsp3) is 0.278. The van der Waals surface area contributed by atoms with Crippen molar-refractivity contribution >= 4 is 12.0 Å². The Kier molecular flexibility index (Phi) is 3.95. The molecule has 0 bridgehead atoms. The fourth-order valence-corrected chi connectivity index (χ4v) is 3.70. The molecule has 0 fully saturated rings. The highest BCUT2D eigenvalue weighted by Gasteiger charge is 2.41. The summed E-state index contributed by atoms with van der Waals surface area (Å²) in [7, 11) is 0. The highest BCUT2D eigenvalue weighted by Crippen LogP contribution is 2.36. The van der Waals surface area contributed by atoms with Crippen LogP contribution in [-0.2, 0) is 6.42 Å². The summed E-state index contributed by atoms with van der Waals surface area (Å²) in [6, 6.07) is 6.98. The second-order valence-electron chi connectivity index (χ2n) is 6.38. The van der Waals surface area contributed by atoms with Crippen LogP contribution in [0.5, 0.6) is 0 Å². The van der Waals surface area contributed by atoms with E-state index in [9.17, 15) is 27.1 Å². The molecule has 0 saturated carbocycles. The molecular weight excluding hydrogens is 355 g/mol.